The van der Waals surface area contributed by atoms with Gasteiger partial charge in [-0.3, -0.25) is 4.79 Å². The number of benzene rings is 1. The molecule has 2 atom stereocenters. The molecular formula is C18H20N4O3. The first-order valence-electron chi connectivity index (χ1n) is 8.05. The third-order valence-electron chi connectivity index (χ3n) is 3.99. The largest absolute Gasteiger partial charge is 0.367 e. The van der Waals surface area contributed by atoms with Crippen molar-refractivity contribution < 1.29 is 14.3 Å². The molecule has 130 valence electrons. The molecule has 3 N–H and O–H groups in total. The molecule has 1 aromatic carbocycles. The number of nitrogens with two attached hydrogens (primary N) is 1. The van der Waals surface area contributed by atoms with E-state index in [1.807, 2.05) is 37.3 Å². The fraction of sp³-hybridized carbons (Fsp3) is 0.278. The maximum Gasteiger partial charge on any atom is 0.322 e. The minimum atomic E-state index is -0.606. The summed E-state index contributed by atoms with van der Waals surface area (Å²) in [6.07, 6.45) is 1.18. The van der Waals surface area contributed by atoms with Crippen LogP contribution in [0.15, 0.2) is 48.7 Å². The Bertz CT molecular complexity index is 749. The molecule has 1 fully saturated rings. The molecule has 1 aromatic heterocycles. The molecule has 0 saturated carbocycles. The van der Waals surface area contributed by atoms with E-state index >= 15 is 0 Å². The molecule has 2 heterocycles. The Labute approximate surface area is 145 Å². The van der Waals surface area contributed by atoms with E-state index in [4.69, 9.17) is 10.5 Å². The second kappa shape index (κ2) is 7.31. The number of urea groups is 1. The van der Waals surface area contributed by atoms with Gasteiger partial charge in [0.2, 0.25) is 0 Å². The van der Waals surface area contributed by atoms with Crippen molar-refractivity contribution in [1.82, 2.24) is 9.88 Å². The molecule has 3 rings (SSSR count). The minimum absolute atomic E-state index is 0.0694. The monoisotopic (exact) mass is 340 g/mol. The Morgan fingerprint density at radius 3 is 2.60 bits per heavy atom. The van der Waals surface area contributed by atoms with E-state index in [9.17, 15) is 9.59 Å². The lowest BCUT2D eigenvalue weighted by Gasteiger charge is -2.37. The fourth-order valence-corrected chi connectivity index (χ4v) is 2.79. The lowest BCUT2D eigenvalue weighted by Crippen LogP contribution is -2.47. The molecule has 1 aliphatic rings. The van der Waals surface area contributed by atoms with Gasteiger partial charge < -0.3 is 20.7 Å². The summed E-state index contributed by atoms with van der Waals surface area (Å²) < 4.78 is 5.96. The van der Waals surface area contributed by atoms with E-state index in [1.54, 1.807) is 11.0 Å². The Morgan fingerprint density at radius 2 is 1.96 bits per heavy atom. The van der Waals surface area contributed by atoms with E-state index in [0.29, 0.717) is 18.8 Å². The summed E-state index contributed by atoms with van der Waals surface area (Å²) in [5, 5.41) is 2.79. The number of aromatic nitrogens is 1. The van der Waals surface area contributed by atoms with Gasteiger partial charge in [0, 0.05) is 6.54 Å². The van der Waals surface area contributed by atoms with Crippen LogP contribution in [0.25, 0.3) is 0 Å². The number of amides is 3. The number of rotatable bonds is 3. The quantitative estimate of drug-likeness (QED) is 0.895. The number of pyridine rings is 1. The van der Waals surface area contributed by atoms with Crippen molar-refractivity contribution in [3.63, 3.8) is 0 Å². The predicted octanol–water partition coefficient (Wildman–Crippen LogP) is 2.17. The lowest BCUT2D eigenvalue weighted by molar-refractivity contribution is -0.0642. The standard InChI is InChI=1S/C18H20N4O3/c1-12-10-22(11-16(25-12)13-5-3-2-4-6-13)18(24)21-14-7-8-15(17(19)23)20-9-14/h2-9,12,16H,10-11H2,1H3,(H2,19,23)(H,21,24). The average Bonchev–Trinajstić information content (AvgIpc) is 2.62. The van der Waals surface area contributed by atoms with Crippen molar-refractivity contribution in [3.8, 4) is 0 Å². The normalized spacial score (nSPS) is 20.1. The third-order valence-corrected chi connectivity index (χ3v) is 3.99. The first kappa shape index (κ1) is 16.9. The Morgan fingerprint density at radius 1 is 1.20 bits per heavy atom. The van der Waals surface area contributed by atoms with Crippen LogP contribution in [-0.4, -0.2) is 41.0 Å². The Hall–Kier alpha value is -2.93. The van der Waals surface area contributed by atoms with Crippen LogP contribution in [0.4, 0.5) is 10.5 Å². The summed E-state index contributed by atoms with van der Waals surface area (Å²) >= 11 is 0. The van der Waals surface area contributed by atoms with E-state index in [1.165, 1.54) is 12.3 Å². The highest BCUT2D eigenvalue weighted by molar-refractivity contribution is 5.92. The maximum absolute atomic E-state index is 12.5. The number of nitrogens with one attached hydrogen (secondary N) is 1. The molecule has 0 radical (unpaired) electrons. The third kappa shape index (κ3) is 4.13. The van der Waals surface area contributed by atoms with Gasteiger partial charge in [-0.15, -0.1) is 0 Å². The van der Waals surface area contributed by atoms with Crippen molar-refractivity contribution in [1.29, 1.82) is 0 Å². The zero-order valence-corrected chi connectivity index (χ0v) is 13.9. The summed E-state index contributed by atoms with van der Waals surface area (Å²) in [7, 11) is 0. The smallest absolute Gasteiger partial charge is 0.322 e. The first-order valence-corrected chi connectivity index (χ1v) is 8.05. The molecule has 1 aliphatic heterocycles. The molecule has 2 unspecified atom stereocenters. The number of hydrogen-bond acceptors (Lipinski definition) is 4. The molecule has 3 amide bonds. The van der Waals surface area contributed by atoms with Crippen LogP contribution in [0, 0.1) is 0 Å². The highest BCUT2D eigenvalue weighted by Crippen LogP contribution is 2.25. The van der Waals surface area contributed by atoms with Gasteiger partial charge in [0.25, 0.3) is 5.91 Å². The molecule has 7 nitrogen and oxygen atoms in total. The van der Waals surface area contributed by atoms with Crippen LogP contribution in [0.3, 0.4) is 0 Å². The van der Waals surface area contributed by atoms with Crippen LogP contribution >= 0.6 is 0 Å². The van der Waals surface area contributed by atoms with E-state index < -0.39 is 5.91 Å². The Balaban J connectivity index is 1.67. The topological polar surface area (TPSA) is 97.6 Å². The van der Waals surface area contributed by atoms with Gasteiger partial charge in [0.15, 0.2) is 0 Å². The summed E-state index contributed by atoms with van der Waals surface area (Å²) in [5.74, 6) is -0.606. The van der Waals surface area contributed by atoms with Crippen LogP contribution in [0.5, 0.6) is 0 Å². The average molecular weight is 340 g/mol. The SMILES string of the molecule is CC1CN(C(=O)Nc2ccc(C(N)=O)nc2)CC(c2ccccc2)O1. The van der Waals surface area contributed by atoms with Gasteiger partial charge in [0.1, 0.15) is 11.8 Å². The molecule has 0 spiro atoms. The Kier molecular flexibility index (Phi) is 4.95. The fourth-order valence-electron chi connectivity index (χ4n) is 2.79. The minimum Gasteiger partial charge on any atom is -0.367 e. The van der Waals surface area contributed by atoms with Crippen LogP contribution < -0.4 is 11.1 Å². The van der Waals surface area contributed by atoms with Crippen LogP contribution in [0.2, 0.25) is 0 Å². The number of hydrogen-bond donors (Lipinski definition) is 2. The summed E-state index contributed by atoms with van der Waals surface area (Å²) in [6, 6.07) is 12.7. The van der Waals surface area contributed by atoms with Gasteiger partial charge >= 0.3 is 6.03 Å². The van der Waals surface area contributed by atoms with Crippen molar-refractivity contribution >= 4 is 17.6 Å². The number of primary amides is 1. The lowest BCUT2D eigenvalue weighted by atomic mass is 10.1. The van der Waals surface area contributed by atoms with Gasteiger partial charge in [-0.25, -0.2) is 9.78 Å². The van der Waals surface area contributed by atoms with E-state index in [-0.39, 0.29) is 23.9 Å². The summed E-state index contributed by atoms with van der Waals surface area (Å²) in [5.41, 5.74) is 6.86. The number of carbonyl (C=O) groups excluding carboxylic acids is 2. The molecular weight excluding hydrogens is 320 g/mol. The zero-order valence-electron chi connectivity index (χ0n) is 13.9. The van der Waals surface area contributed by atoms with Crippen LogP contribution in [0.1, 0.15) is 29.1 Å². The van der Waals surface area contributed by atoms with Crippen molar-refractivity contribution in [2.45, 2.75) is 19.1 Å². The van der Waals surface area contributed by atoms with Gasteiger partial charge in [-0.2, -0.15) is 0 Å². The van der Waals surface area contributed by atoms with Gasteiger partial charge in [-0.05, 0) is 24.6 Å². The van der Waals surface area contributed by atoms with Crippen molar-refractivity contribution in [3.05, 3.63) is 59.9 Å². The number of morpholine rings is 1. The highest BCUT2D eigenvalue weighted by Gasteiger charge is 2.29. The van der Waals surface area contributed by atoms with E-state index in [0.717, 1.165) is 5.56 Å². The molecule has 0 bridgehead atoms. The number of anilines is 1. The van der Waals surface area contributed by atoms with Crippen molar-refractivity contribution in [2.75, 3.05) is 18.4 Å². The predicted molar refractivity (Wildman–Crippen MR) is 93.1 cm³/mol. The van der Waals surface area contributed by atoms with Gasteiger partial charge in [-0.1, -0.05) is 30.3 Å². The second-order valence-electron chi connectivity index (χ2n) is 5.98. The molecule has 7 heteroatoms. The number of ether oxygens (including phenoxy) is 1. The molecule has 25 heavy (non-hydrogen) atoms. The maximum atomic E-state index is 12.5. The summed E-state index contributed by atoms with van der Waals surface area (Å²) in [4.78, 5) is 29.2. The van der Waals surface area contributed by atoms with Crippen LogP contribution in [-0.2, 0) is 4.74 Å². The molecule has 1 saturated heterocycles. The summed E-state index contributed by atoms with van der Waals surface area (Å²) in [6.45, 7) is 2.91. The van der Waals surface area contributed by atoms with Gasteiger partial charge in [0.05, 0.1) is 24.5 Å². The number of carbonyl (C=O) groups is 2. The zero-order chi connectivity index (χ0) is 17.8. The first-order chi connectivity index (χ1) is 12.0. The van der Waals surface area contributed by atoms with E-state index in [2.05, 4.69) is 10.3 Å². The second-order valence-corrected chi connectivity index (χ2v) is 5.98. The highest BCUT2D eigenvalue weighted by atomic mass is 16.5. The molecule has 0 aliphatic carbocycles. The van der Waals surface area contributed by atoms with Crippen molar-refractivity contribution in [2.24, 2.45) is 5.73 Å². The number of nitrogens with zero attached hydrogens (tertiary/aromatic N) is 2. The molecule has 2 aromatic rings.